The second-order valence-electron chi connectivity index (χ2n) is 7.39. The predicted molar refractivity (Wildman–Crippen MR) is 89.2 cm³/mol. The van der Waals surface area contributed by atoms with Crippen molar-refractivity contribution >= 4 is 16.9 Å². The summed E-state index contributed by atoms with van der Waals surface area (Å²) in [6.07, 6.45) is 7.22. The summed E-state index contributed by atoms with van der Waals surface area (Å²) in [7, 11) is 1.92. The lowest BCUT2D eigenvalue weighted by Crippen LogP contribution is -2.54. The van der Waals surface area contributed by atoms with Gasteiger partial charge in [-0.2, -0.15) is 0 Å². The van der Waals surface area contributed by atoms with E-state index < -0.39 is 5.54 Å². The van der Waals surface area contributed by atoms with Gasteiger partial charge in [-0.1, -0.05) is 33.1 Å². The van der Waals surface area contributed by atoms with Crippen LogP contribution in [0.5, 0.6) is 0 Å². The molecule has 1 fully saturated rings. The first-order valence-electron chi connectivity index (χ1n) is 8.66. The lowest BCUT2D eigenvalue weighted by molar-refractivity contribution is -0.144. The molecular formula is C18H24N4O. The van der Waals surface area contributed by atoms with Crippen molar-refractivity contribution in [1.82, 2.24) is 19.4 Å². The third-order valence-electron chi connectivity index (χ3n) is 5.40. The number of nitrogens with zero attached hydrogens (tertiary/aromatic N) is 4. The molecule has 1 aliphatic heterocycles. The summed E-state index contributed by atoms with van der Waals surface area (Å²) in [5, 5.41) is 1.05. The fourth-order valence-electron chi connectivity index (χ4n) is 4.27. The maximum absolute atomic E-state index is 13.1. The van der Waals surface area contributed by atoms with Gasteiger partial charge in [0.2, 0.25) is 5.91 Å². The molecule has 122 valence electrons. The summed E-state index contributed by atoms with van der Waals surface area (Å²) in [5.41, 5.74) is 1.71. The topological polar surface area (TPSA) is 51.0 Å². The fourth-order valence-corrected chi connectivity index (χ4v) is 4.27. The van der Waals surface area contributed by atoms with Gasteiger partial charge in [0.15, 0.2) is 0 Å². The molecule has 5 nitrogen and oxygen atoms in total. The Morgan fingerprint density at radius 1 is 1.22 bits per heavy atom. The molecule has 0 bridgehead atoms. The molecule has 5 heteroatoms. The van der Waals surface area contributed by atoms with Gasteiger partial charge >= 0.3 is 0 Å². The van der Waals surface area contributed by atoms with Crippen LogP contribution in [0.2, 0.25) is 0 Å². The van der Waals surface area contributed by atoms with Gasteiger partial charge in [-0.15, -0.1) is 0 Å². The number of carbonyl (C=O) groups excluding carboxylic acids is 1. The molecule has 1 aliphatic carbocycles. The van der Waals surface area contributed by atoms with Crippen LogP contribution in [0.3, 0.4) is 0 Å². The van der Waals surface area contributed by atoms with Gasteiger partial charge in [0.05, 0.1) is 6.54 Å². The molecule has 0 saturated heterocycles. The number of hydrogen-bond acceptors (Lipinski definition) is 3. The van der Waals surface area contributed by atoms with Gasteiger partial charge in [-0.25, -0.2) is 9.97 Å². The Kier molecular flexibility index (Phi) is 3.22. The maximum atomic E-state index is 13.1. The lowest BCUT2D eigenvalue weighted by atomic mass is 9.79. The van der Waals surface area contributed by atoms with Crippen molar-refractivity contribution in [3.8, 4) is 0 Å². The van der Waals surface area contributed by atoms with E-state index in [1.54, 1.807) is 0 Å². The molecule has 2 aromatic rings. The molecule has 0 atom stereocenters. The van der Waals surface area contributed by atoms with Gasteiger partial charge < -0.3 is 9.47 Å². The van der Waals surface area contributed by atoms with E-state index >= 15 is 0 Å². The zero-order valence-corrected chi connectivity index (χ0v) is 14.2. The second-order valence-corrected chi connectivity index (χ2v) is 7.39. The largest absolute Gasteiger partial charge is 0.338 e. The molecule has 1 spiro atoms. The van der Waals surface area contributed by atoms with E-state index in [0.717, 1.165) is 42.5 Å². The van der Waals surface area contributed by atoms with Crippen LogP contribution in [0.25, 0.3) is 11.0 Å². The van der Waals surface area contributed by atoms with E-state index in [1.807, 2.05) is 18.1 Å². The van der Waals surface area contributed by atoms with Crippen molar-refractivity contribution in [2.24, 2.45) is 0 Å². The van der Waals surface area contributed by atoms with Gasteiger partial charge in [0.25, 0.3) is 0 Å². The summed E-state index contributed by atoms with van der Waals surface area (Å²) in [6.45, 7) is 4.88. The highest BCUT2D eigenvalue weighted by atomic mass is 16.2. The van der Waals surface area contributed by atoms with Crippen LogP contribution in [0.15, 0.2) is 12.3 Å². The Balaban J connectivity index is 1.99. The van der Waals surface area contributed by atoms with Gasteiger partial charge in [0.1, 0.15) is 17.0 Å². The van der Waals surface area contributed by atoms with Gasteiger partial charge in [0, 0.05) is 30.2 Å². The van der Waals surface area contributed by atoms with E-state index in [0.29, 0.717) is 6.54 Å². The van der Waals surface area contributed by atoms with Gasteiger partial charge in [-0.05, 0) is 18.9 Å². The summed E-state index contributed by atoms with van der Waals surface area (Å²) in [6, 6.07) is 2.17. The van der Waals surface area contributed by atoms with Crippen LogP contribution in [-0.2, 0) is 16.9 Å². The quantitative estimate of drug-likeness (QED) is 0.812. The molecule has 3 heterocycles. The van der Waals surface area contributed by atoms with Crippen LogP contribution >= 0.6 is 0 Å². The number of rotatable bonds is 1. The van der Waals surface area contributed by atoms with Crippen molar-refractivity contribution in [3.05, 3.63) is 23.8 Å². The number of aromatic nitrogens is 3. The van der Waals surface area contributed by atoms with Gasteiger partial charge in [-0.3, -0.25) is 4.79 Å². The third-order valence-corrected chi connectivity index (χ3v) is 5.40. The predicted octanol–water partition coefficient (Wildman–Crippen LogP) is 3.19. The van der Waals surface area contributed by atoms with Crippen LogP contribution in [-0.4, -0.2) is 32.4 Å². The first-order valence-corrected chi connectivity index (χ1v) is 8.66. The molecule has 23 heavy (non-hydrogen) atoms. The summed E-state index contributed by atoms with van der Waals surface area (Å²) < 4.78 is 2.26. The first kappa shape index (κ1) is 14.7. The normalized spacial score (nSPS) is 20.5. The number of carbonyl (C=O) groups is 1. The standard InChI is InChI=1S/C18H24N4O/c1-12(2)15-19-10-13-9-14-11-21(3)17(23)18(7-5-4-6-8-18)22(14)16(13)20-15/h9-10,12H,4-8,11H2,1-3H3. The zero-order valence-electron chi connectivity index (χ0n) is 14.2. The number of likely N-dealkylation sites (N-methyl/N-ethyl adjacent to an activating group) is 1. The smallest absolute Gasteiger partial charge is 0.248 e. The number of fused-ring (bicyclic) bond motifs is 4. The average molecular weight is 312 g/mol. The Morgan fingerprint density at radius 3 is 2.65 bits per heavy atom. The molecule has 4 rings (SSSR count). The van der Waals surface area contributed by atoms with E-state index in [4.69, 9.17) is 4.98 Å². The minimum absolute atomic E-state index is 0.256. The average Bonchev–Trinajstić information content (AvgIpc) is 2.91. The van der Waals surface area contributed by atoms with E-state index in [-0.39, 0.29) is 11.8 Å². The molecule has 2 aliphatic rings. The highest BCUT2D eigenvalue weighted by Crippen LogP contribution is 2.42. The van der Waals surface area contributed by atoms with Crippen LogP contribution in [0.1, 0.15) is 63.4 Å². The second kappa shape index (κ2) is 5.05. The SMILES string of the molecule is CC(C)c1ncc2cc3n(c2n1)C1(CCCCC1)C(=O)N(C)C3. The Morgan fingerprint density at radius 2 is 1.96 bits per heavy atom. The maximum Gasteiger partial charge on any atom is 0.248 e. The molecule has 0 aromatic carbocycles. The lowest BCUT2D eigenvalue weighted by Gasteiger charge is -2.44. The highest BCUT2D eigenvalue weighted by Gasteiger charge is 2.47. The molecule has 0 N–H and O–H groups in total. The molecule has 1 saturated carbocycles. The zero-order chi connectivity index (χ0) is 16.2. The molecule has 0 unspecified atom stereocenters. The van der Waals surface area contributed by atoms with E-state index in [9.17, 15) is 4.79 Å². The molecule has 0 radical (unpaired) electrons. The molecule has 1 amide bonds. The van der Waals surface area contributed by atoms with Crippen molar-refractivity contribution in [3.63, 3.8) is 0 Å². The Hall–Kier alpha value is -1.91. The summed E-state index contributed by atoms with van der Waals surface area (Å²) >= 11 is 0. The van der Waals surface area contributed by atoms with Crippen molar-refractivity contribution in [1.29, 1.82) is 0 Å². The van der Waals surface area contributed by atoms with Crippen LogP contribution in [0, 0.1) is 0 Å². The van der Waals surface area contributed by atoms with Crippen molar-refractivity contribution in [2.75, 3.05) is 7.05 Å². The first-order chi connectivity index (χ1) is 11.0. The van der Waals surface area contributed by atoms with E-state index in [1.165, 1.54) is 12.1 Å². The Labute approximate surface area is 136 Å². The van der Waals surface area contributed by atoms with Crippen molar-refractivity contribution in [2.45, 2.75) is 64.0 Å². The molecule has 2 aromatic heterocycles. The summed E-state index contributed by atoms with van der Waals surface area (Å²) in [4.78, 5) is 24.3. The number of hydrogen-bond donors (Lipinski definition) is 0. The van der Waals surface area contributed by atoms with E-state index in [2.05, 4.69) is 29.5 Å². The van der Waals surface area contributed by atoms with Crippen LogP contribution < -0.4 is 0 Å². The minimum Gasteiger partial charge on any atom is -0.338 e. The monoisotopic (exact) mass is 312 g/mol. The molecular weight excluding hydrogens is 288 g/mol. The minimum atomic E-state index is -0.426. The van der Waals surface area contributed by atoms with Crippen molar-refractivity contribution < 1.29 is 4.79 Å². The highest BCUT2D eigenvalue weighted by molar-refractivity contribution is 5.89. The van der Waals surface area contributed by atoms with Crippen LogP contribution in [0.4, 0.5) is 0 Å². The Bertz CT molecular complexity index is 771. The summed E-state index contributed by atoms with van der Waals surface area (Å²) in [5.74, 6) is 1.40. The number of amides is 1. The third kappa shape index (κ3) is 2.02. The fraction of sp³-hybridized carbons (Fsp3) is 0.611.